The molecule has 1 aromatic heterocycles. The van der Waals surface area contributed by atoms with E-state index in [2.05, 4.69) is 43.4 Å². The Bertz CT molecular complexity index is 373. The summed E-state index contributed by atoms with van der Waals surface area (Å²) in [5.41, 5.74) is 7.26. The molecule has 2 heterocycles. The molecule has 96 valence electrons. The highest BCUT2D eigenvalue weighted by Crippen LogP contribution is 2.25. The molecule has 1 aliphatic rings. The van der Waals surface area contributed by atoms with Crippen LogP contribution in [0.5, 0.6) is 0 Å². The number of aromatic nitrogens is 2. The van der Waals surface area contributed by atoms with Gasteiger partial charge < -0.3 is 15.2 Å². The van der Waals surface area contributed by atoms with E-state index in [4.69, 9.17) is 10.7 Å². The van der Waals surface area contributed by atoms with Crippen molar-refractivity contribution < 1.29 is 0 Å². The van der Waals surface area contributed by atoms with E-state index in [0.29, 0.717) is 12.0 Å². The van der Waals surface area contributed by atoms with Crippen molar-refractivity contribution >= 4 is 5.95 Å². The lowest BCUT2D eigenvalue weighted by atomic mass is 10.1. The summed E-state index contributed by atoms with van der Waals surface area (Å²) in [7, 11) is 0. The lowest BCUT2D eigenvalue weighted by Gasteiger charge is -2.20. The second-order valence-corrected chi connectivity index (χ2v) is 5.43. The van der Waals surface area contributed by atoms with Crippen LogP contribution < -0.4 is 10.6 Å². The van der Waals surface area contributed by atoms with Crippen LogP contribution in [0.25, 0.3) is 0 Å². The summed E-state index contributed by atoms with van der Waals surface area (Å²) in [5.74, 6) is 1.65. The highest BCUT2D eigenvalue weighted by atomic mass is 15.3. The molecule has 0 amide bonds. The van der Waals surface area contributed by atoms with E-state index < -0.39 is 0 Å². The van der Waals surface area contributed by atoms with Crippen LogP contribution in [0.3, 0.4) is 0 Å². The van der Waals surface area contributed by atoms with E-state index >= 15 is 0 Å². The number of imidazole rings is 1. The van der Waals surface area contributed by atoms with Gasteiger partial charge in [-0.15, -0.1) is 0 Å². The number of nitrogens with zero attached hydrogens (tertiary/aromatic N) is 3. The Morgan fingerprint density at radius 3 is 2.65 bits per heavy atom. The normalized spacial score (nSPS) is 24.9. The van der Waals surface area contributed by atoms with Gasteiger partial charge in [0.2, 0.25) is 5.95 Å². The van der Waals surface area contributed by atoms with Gasteiger partial charge in [0.05, 0.1) is 5.69 Å². The van der Waals surface area contributed by atoms with Crippen LogP contribution in [0.2, 0.25) is 0 Å². The first-order valence-electron chi connectivity index (χ1n) is 6.61. The maximum atomic E-state index is 6.09. The van der Waals surface area contributed by atoms with Crippen molar-refractivity contribution in [1.82, 2.24) is 9.55 Å². The van der Waals surface area contributed by atoms with Crippen LogP contribution in [0.4, 0.5) is 5.95 Å². The van der Waals surface area contributed by atoms with E-state index in [-0.39, 0.29) is 6.04 Å². The van der Waals surface area contributed by atoms with Crippen molar-refractivity contribution in [2.45, 2.75) is 46.2 Å². The van der Waals surface area contributed by atoms with Gasteiger partial charge in [0, 0.05) is 31.4 Å². The second kappa shape index (κ2) is 4.69. The first-order valence-corrected chi connectivity index (χ1v) is 6.61. The summed E-state index contributed by atoms with van der Waals surface area (Å²) in [5, 5.41) is 0. The Hall–Kier alpha value is -1.03. The molecule has 0 saturated carbocycles. The molecular formula is C13H24N4. The highest BCUT2D eigenvalue weighted by molar-refractivity contribution is 5.37. The molecule has 2 unspecified atom stereocenters. The molecule has 0 radical (unpaired) electrons. The lowest BCUT2D eigenvalue weighted by Crippen LogP contribution is -2.29. The average Bonchev–Trinajstić information content (AvgIpc) is 2.83. The standard InChI is InChI=1S/C13H24N4/c1-5-11-7-17(9(2)3)13(15-11)16-6-10(4)12(14)8-16/h7,9-10,12H,5-6,8,14H2,1-4H3. The second-order valence-electron chi connectivity index (χ2n) is 5.43. The number of anilines is 1. The molecule has 0 spiro atoms. The van der Waals surface area contributed by atoms with Crippen molar-refractivity contribution in [3.8, 4) is 0 Å². The summed E-state index contributed by atoms with van der Waals surface area (Å²) in [4.78, 5) is 7.06. The summed E-state index contributed by atoms with van der Waals surface area (Å²) >= 11 is 0. The van der Waals surface area contributed by atoms with Gasteiger partial charge in [0.15, 0.2) is 0 Å². The monoisotopic (exact) mass is 236 g/mol. The van der Waals surface area contributed by atoms with Gasteiger partial charge in [-0.05, 0) is 26.2 Å². The molecule has 1 aliphatic heterocycles. The molecule has 4 nitrogen and oxygen atoms in total. The zero-order valence-electron chi connectivity index (χ0n) is 11.3. The molecular weight excluding hydrogens is 212 g/mol. The third-order valence-corrected chi connectivity index (χ3v) is 3.63. The van der Waals surface area contributed by atoms with Gasteiger partial charge in [-0.1, -0.05) is 13.8 Å². The number of rotatable bonds is 3. The Morgan fingerprint density at radius 2 is 2.18 bits per heavy atom. The third kappa shape index (κ3) is 2.32. The van der Waals surface area contributed by atoms with E-state index in [0.717, 1.165) is 25.5 Å². The van der Waals surface area contributed by atoms with Crippen molar-refractivity contribution in [2.24, 2.45) is 11.7 Å². The Balaban J connectivity index is 2.28. The first kappa shape index (κ1) is 12.4. The summed E-state index contributed by atoms with van der Waals surface area (Å²) < 4.78 is 2.27. The highest BCUT2D eigenvalue weighted by Gasteiger charge is 2.29. The molecule has 2 atom stereocenters. The Kier molecular flexibility index (Phi) is 3.43. The fourth-order valence-corrected chi connectivity index (χ4v) is 2.37. The molecule has 4 heteroatoms. The topological polar surface area (TPSA) is 47.1 Å². The molecule has 0 bridgehead atoms. The van der Waals surface area contributed by atoms with Crippen LogP contribution in [0.1, 0.15) is 39.4 Å². The van der Waals surface area contributed by atoms with Crippen LogP contribution in [0, 0.1) is 5.92 Å². The number of nitrogens with two attached hydrogens (primary N) is 1. The maximum absolute atomic E-state index is 6.09. The van der Waals surface area contributed by atoms with Crippen molar-refractivity contribution in [3.63, 3.8) is 0 Å². The minimum Gasteiger partial charge on any atom is -0.340 e. The minimum atomic E-state index is 0.275. The van der Waals surface area contributed by atoms with Crippen molar-refractivity contribution in [3.05, 3.63) is 11.9 Å². The summed E-state index contributed by atoms with van der Waals surface area (Å²) in [6.07, 6.45) is 3.16. The van der Waals surface area contributed by atoms with Crippen molar-refractivity contribution in [2.75, 3.05) is 18.0 Å². The molecule has 0 aromatic carbocycles. The Morgan fingerprint density at radius 1 is 1.47 bits per heavy atom. The zero-order chi connectivity index (χ0) is 12.6. The maximum Gasteiger partial charge on any atom is 0.206 e. The van der Waals surface area contributed by atoms with Crippen LogP contribution in [-0.4, -0.2) is 28.7 Å². The van der Waals surface area contributed by atoms with Gasteiger partial charge in [0.1, 0.15) is 0 Å². The van der Waals surface area contributed by atoms with Gasteiger partial charge >= 0.3 is 0 Å². The fourth-order valence-electron chi connectivity index (χ4n) is 2.37. The third-order valence-electron chi connectivity index (χ3n) is 3.63. The average molecular weight is 236 g/mol. The van der Waals surface area contributed by atoms with Gasteiger partial charge in [0.25, 0.3) is 0 Å². The number of hydrogen-bond acceptors (Lipinski definition) is 3. The van der Waals surface area contributed by atoms with Crippen LogP contribution >= 0.6 is 0 Å². The largest absolute Gasteiger partial charge is 0.340 e. The molecule has 1 fully saturated rings. The van der Waals surface area contributed by atoms with E-state index in [1.165, 1.54) is 5.69 Å². The lowest BCUT2D eigenvalue weighted by molar-refractivity contribution is 0.565. The summed E-state index contributed by atoms with van der Waals surface area (Å²) in [6.45, 7) is 10.7. The SMILES string of the molecule is CCc1cn(C(C)C)c(N2CC(C)C(N)C2)n1. The van der Waals surface area contributed by atoms with E-state index in [1.807, 2.05) is 0 Å². The van der Waals surface area contributed by atoms with Crippen LogP contribution in [0.15, 0.2) is 6.20 Å². The van der Waals surface area contributed by atoms with E-state index in [9.17, 15) is 0 Å². The smallest absolute Gasteiger partial charge is 0.206 e. The first-order chi connectivity index (χ1) is 8.02. The van der Waals surface area contributed by atoms with Gasteiger partial charge in [-0.3, -0.25) is 0 Å². The minimum absolute atomic E-state index is 0.275. The van der Waals surface area contributed by atoms with Crippen LogP contribution in [-0.2, 0) is 6.42 Å². The molecule has 2 N–H and O–H groups in total. The predicted molar refractivity (Wildman–Crippen MR) is 71.3 cm³/mol. The molecule has 0 aliphatic carbocycles. The quantitative estimate of drug-likeness (QED) is 0.870. The summed E-state index contributed by atoms with van der Waals surface area (Å²) in [6, 6.07) is 0.724. The zero-order valence-corrected chi connectivity index (χ0v) is 11.3. The molecule has 17 heavy (non-hydrogen) atoms. The predicted octanol–water partition coefficient (Wildman–Crippen LogP) is 1.81. The van der Waals surface area contributed by atoms with E-state index in [1.54, 1.807) is 0 Å². The van der Waals surface area contributed by atoms with Gasteiger partial charge in [-0.25, -0.2) is 4.98 Å². The molecule has 1 saturated heterocycles. The Labute approximate surface area is 104 Å². The number of aryl methyl sites for hydroxylation is 1. The molecule has 1 aromatic rings. The molecule has 2 rings (SSSR count). The van der Waals surface area contributed by atoms with Crippen molar-refractivity contribution in [1.29, 1.82) is 0 Å². The fraction of sp³-hybridized carbons (Fsp3) is 0.769. The number of hydrogen-bond donors (Lipinski definition) is 1. The van der Waals surface area contributed by atoms with Gasteiger partial charge in [-0.2, -0.15) is 0 Å².